The number of aromatic nitrogens is 2. The van der Waals surface area contributed by atoms with E-state index in [0.717, 1.165) is 38.4 Å². The van der Waals surface area contributed by atoms with Crippen LogP contribution in [0.1, 0.15) is 5.82 Å². The Morgan fingerprint density at radius 2 is 1.70 bits per heavy atom. The predicted molar refractivity (Wildman–Crippen MR) is 114 cm³/mol. The molecule has 8 heteroatoms. The Kier molecular flexibility index (Phi) is 5.85. The number of nitrogens with one attached hydrogen (secondary N) is 1. The maximum atomic E-state index is 13.1. The number of methoxy groups -OCH3 is 2. The molecule has 0 spiro atoms. The Labute approximate surface area is 174 Å². The van der Waals surface area contributed by atoms with Gasteiger partial charge in [0.1, 0.15) is 11.6 Å². The molecule has 0 bridgehead atoms. The van der Waals surface area contributed by atoms with Crippen LogP contribution in [0.15, 0.2) is 41.2 Å². The summed E-state index contributed by atoms with van der Waals surface area (Å²) in [6, 6.07) is 10.0. The summed E-state index contributed by atoms with van der Waals surface area (Å²) in [6.45, 7) is 4.37. The van der Waals surface area contributed by atoms with Crippen LogP contribution in [0.25, 0.3) is 10.9 Å². The molecule has 30 heavy (non-hydrogen) atoms. The molecule has 1 aliphatic heterocycles. The average Bonchev–Trinajstić information content (AvgIpc) is 2.78. The maximum Gasteiger partial charge on any atom is 0.258 e. The van der Waals surface area contributed by atoms with Crippen molar-refractivity contribution in [3.8, 4) is 11.5 Å². The molecule has 1 aromatic heterocycles. The van der Waals surface area contributed by atoms with Crippen molar-refractivity contribution < 1.29 is 13.9 Å². The van der Waals surface area contributed by atoms with Crippen molar-refractivity contribution >= 4 is 16.6 Å². The second kappa shape index (κ2) is 8.71. The number of rotatable bonds is 6. The molecule has 0 atom stereocenters. The third-order valence-electron chi connectivity index (χ3n) is 5.49. The van der Waals surface area contributed by atoms with Crippen molar-refractivity contribution in [2.75, 3.05) is 51.8 Å². The van der Waals surface area contributed by atoms with Crippen molar-refractivity contribution in [1.29, 1.82) is 0 Å². The van der Waals surface area contributed by atoms with Crippen LogP contribution in [-0.2, 0) is 6.42 Å². The van der Waals surface area contributed by atoms with E-state index in [-0.39, 0.29) is 11.4 Å². The number of benzene rings is 2. The fourth-order valence-corrected chi connectivity index (χ4v) is 3.78. The largest absolute Gasteiger partial charge is 0.493 e. The van der Waals surface area contributed by atoms with E-state index >= 15 is 0 Å². The minimum Gasteiger partial charge on any atom is -0.493 e. The van der Waals surface area contributed by atoms with Crippen molar-refractivity contribution in [3.63, 3.8) is 0 Å². The number of hydrogen-bond acceptors (Lipinski definition) is 6. The molecule has 2 aromatic carbocycles. The standard InChI is InChI=1S/C22H25FN4O3/c1-29-19-13-17-18(14-20(19)30-2)24-21(25-22(17)28)7-8-26-9-11-27(12-10-26)16-5-3-15(23)4-6-16/h3-6,13-14H,7-12H2,1-2H3,(H,24,25,28). The first-order valence-electron chi connectivity index (χ1n) is 9.95. The Bertz CT molecular complexity index is 1080. The molecule has 0 unspecified atom stereocenters. The highest BCUT2D eigenvalue weighted by Crippen LogP contribution is 2.29. The number of piperazine rings is 1. The fourth-order valence-electron chi connectivity index (χ4n) is 3.78. The first-order chi connectivity index (χ1) is 14.6. The molecule has 0 saturated carbocycles. The van der Waals surface area contributed by atoms with E-state index in [1.54, 1.807) is 19.2 Å². The van der Waals surface area contributed by atoms with E-state index < -0.39 is 0 Å². The van der Waals surface area contributed by atoms with Gasteiger partial charge in [0.25, 0.3) is 5.56 Å². The van der Waals surface area contributed by atoms with Gasteiger partial charge in [-0.1, -0.05) is 0 Å². The number of H-pyrrole nitrogens is 1. The molecule has 0 aliphatic carbocycles. The summed E-state index contributed by atoms with van der Waals surface area (Å²) in [5.41, 5.74) is 1.45. The summed E-state index contributed by atoms with van der Waals surface area (Å²) in [7, 11) is 3.10. The van der Waals surface area contributed by atoms with Gasteiger partial charge in [0.2, 0.25) is 0 Å². The Hall–Kier alpha value is -3.13. The number of halogens is 1. The third kappa shape index (κ3) is 4.23. The zero-order valence-electron chi connectivity index (χ0n) is 17.2. The van der Waals surface area contributed by atoms with Crippen molar-refractivity contribution in [2.45, 2.75) is 6.42 Å². The van der Waals surface area contributed by atoms with Crippen molar-refractivity contribution in [1.82, 2.24) is 14.9 Å². The number of nitrogens with zero attached hydrogens (tertiary/aromatic N) is 3. The quantitative estimate of drug-likeness (QED) is 0.671. The van der Waals surface area contributed by atoms with Gasteiger partial charge in [-0.15, -0.1) is 0 Å². The molecule has 1 aliphatic rings. The topological polar surface area (TPSA) is 70.7 Å². The highest BCUT2D eigenvalue weighted by molar-refractivity contribution is 5.81. The Morgan fingerprint density at radius 3 is 2.37 bits per heavy atom. The van der Waals surface area contributed by atoms with E-state index in [2.05, 4.69) is 19.8 Å². The highest BCUT2D eigenvalue weighted by Gasteiger charge is 2.18. The second-order valence-electron chi connectivity index (χ2n) is 7.29. The third-order valence-corrected chi connectivity index (χ3v) is 5.49. The lowest BCUT2D eigenvalue weighted by Crippen LogP contribution is -2.47. The van der Waals surface area contributed by atoms with Crippen LogP contribution in [0.2, 0.25) is 0 Å². The molecule has 1 N–H and O–H groups in total. The molecule has 0 amide bonds. The normalized spacial score (nSPS) is 14.8. The summed E-state index contributed by atoms with van der Waals surface area (Å²) in [6.07, 6.45) is 0.649. The predicted octanol–water partition coefficient (Wildman–Crippen LogP) is 2.44. The molecule has 1 saturated heterocycles. The maximum absolute atomic E-state index is 13.1. The van der Waals surface area contributed by atoms with Crippen molar-refractivity contribution in [3.05, 3.63) is 58.4 Å². The monoisotopic (exact) mass is 412 g/mol. The summed E-state index contributed by atoms with van der Waals surface area (Å²) >= 11 is 0. The Balaban J connectivity index is 1.40. The van der Waals surface area contributed by atoms with Crippen LogP contribution in [0, 0.1) is 5.82 Å². The lowest BCUT2D eigenvalue weighted by Gasteiger charge is -2.36. The van der Waals surface area contributed by atoms with Gasteiger partial charge in [-0.05, 0) is 30.3 Å². The number of hydrogen-bond donors (Lipinski definition) is 1. The summed E-state index contributed by atoms with van der Waals surface area (Å²) < 4.78 is 23.7. The van der Waals surface area contributed by atoms with Crippen LogP contribution in [0.4, 0.5) is 10.1 Å². The van der Waals surface area contributed by atoms with E-state index in [4.69, 9.17) is 9.47 Å². The number of fused-ring (bicyclic) bond motifs is 1. The van der Waals surface area contributed by atoms with Gasteiger partial charge in [0.05, 0.1) is 25.1 Å². The number of aromatic amines is 1. The summed E-state index contributed by atoms with van der Waals surface area (Å²) in [4.78, 5) is 24.6. The zero-order chi connectivity index (χ0) is 21.1. The SMILES string of the molecule is COc1cc2nc(CCN3CCN(c4ccc(F)cc4)CC3)[nH]c(=O)c2cc1OC. The minimum absolute atomic E-state index is 0.183. The van der Waals surface area contributed by atoms with E-state index in [0.29, 0.717) is 34.6 Å². The highest BCUT2D eigenvalue weighted by atomic mass is 19.1. The first-order valence-corrected chi connectivity index (χ1v) is 9.95. The van der Waals surface area contributed by atoms with Gasteiger partial charge in [-0.2, -0.15) is 0 Å². The molecular formula is C22H25FN4O3. The van der Waals surface area contributed by atoms with Crippen LogP contribution in [-0.4, -0.2) is 61.8 Å². The van der Waals surface area contributed by atoms with Gasteiger partial charge in [0, 0.05) is 50.9 Å². The van der Waals surface area contributed by atoms with E-state index in [1.807, 2.05) is 12.1 Å². The first kappa shape index (κ1) is 20.2. The number of anilines is 1. The summed E-state index contributed by atoms with van der Waals surface area (Å²) in [5.74, 6) is 1.49. The van der Waals surface area contributed by atoms with Gasteiger partial charge in [0.15, 0.2) is 11.5 Å². The minimum atomic E-state index is -0.217. The van der Waals surface area contributed by atoms with Crippen LogP contribution >= 0.6 is 0 Å². The van der Waals surface area contributed by atoms with Crippen LogP contribution < -0.4 is 19.9 Å². The van der Waals surface area contributed by atoms with Gasteiger partial charge >= 0.3 is 0 Å². The lowest BCUT2D eigenvalue weighted by atomic mass is 10.2. The fraction of sp³-hybridized carbons (Fsp3) is 0.364. The molecule has 2 heterocycles. The molecule has 1 fully saturated rings. The van der Waals surface area contributed by atoms with Gasteiger partial charge < -0.3 is 19.4 Å². The molecule has 7 nitrogen and oxygen atoms in total. The zero-order valence-corrected chi connectivity index (χ0v) is 17.2. The molecule has 3 aromatic rings. The van der Waals surface area contributed by atoms with Crippen LogP contribution in [0.5, 0.6) is 11.5 Å². The second-order valence-corrected chi connectivity index (χ2v) is 7.29. The number of ether oxygens (including phenoxy) is 2. The average molecular weight is 412 g/mol. The molecular weight excluding hydrogens is 387 g/mol. The van der Waals surface area contributed by atoms with E-state index in [9.17, 15) is 9.18 Å². The van der Waals surface area contributed by atoms with E-state index in [1.165, 1.54) is 19.2 Å². The summed E-state index contributed by atoms with van der Waals surface area (Å²) in [5, 5.41) is 0.476. The lowest BCUT2D eigenvalue weighted by molar-refractivity contribution is 0.259. The molecule has 4 rings (SSSR count). The van der Waals surface area contributed by atoms with Gasteiger partial charge in [-0.25, -0.2) is 9.37 Å². The Morgan fingerprint density at radius 1 is 1.03 bits per heavy atom. The smallest absolute Gasteiger partial charge is 0.258 e. The van der Waals surface area contributed by atoms with Gasteiger partial charge in [-0.3, -0.25) is 9.69 Å². The van der Waals surface area contributed by atoms with Crippen LogP contribution in [0.3, 0.4) is 0 Å². The molecule has 0 radical (unpaired) electrons. The van der Waals surface area contributed by atoms with Crippen molar-refractivity contribution in [2.24, 2.45) is 0 Å². The molecule has 158 valence electrons.